The summed E-state index contributed by atoms with van der Waals surface area (Å²) in [4.78, 5) is 12.9. The van der Waals surface area contributed by atoms with E-state index in [-0.39, 0.29) is 32.4 Å². The Hall–Kier alpha value is -1.17. The van der Waals surface area contributed by atoms with Crippen LogP contribution in [-0.4, -0.2) is 165 Å². The van der Waals surface area contributed by atoms with Crippen molar-refractivity contribution in [2.75, 3.05) is 26.3 Å². The van der Waals surface area contributed by atoms with Crippen LogP contribution in [0.1, 0.15) is 25.7 Å². The van der Waals surface area contributed by atoms with E-state index in [9.17, 15) is 35.4 Å². The van der Waals surface area contributed by atoms with E-state index in [2.05, 4.69) is 10.6 Å². The van der Waals surface area contributed by atoms with Crippen LogP contribution in [0, 0.1) is 0 Å². The van der Waals surface area contributed by atoms with E-state index in [0.29, 0.717) is 13.0 Å². The van der Waals surface area contributed by atoms with Crippen molar-refractivity contribution in [2.45, 2.75) is 123 Å². The molecular weight excluding hydrogens is 576 g/mol. The van der Waals surface area contributed by atoms with Gasteiger partial charge in [-0.2, -0.15) is 0 Å². The van der Waals surface area contributed by atoms with Gasteiger partial charge in [0.25, 0.3) is 5.91 Å². The molecule has 3 unspecified atom stereocenters. The van der Waals surface area contributed by atoms with Gasteiger partial charge in [0.15, 0.2) is 18.2 Å². The van der Waals surface area contributed by atoms with E-state index < -0.39 is 110 Å². The lowest BCUT2D eigenvalue weighted by Crippen LogP contribution is -2.69. The number of aliphatic hydroxyl groups excluding tert-OH is 6. The lowest BCUT2D eigenvalue weighted by molar-refractivity contribution is -0.316. The number of nitrogens with one attached hydrogen (secondary N) is 2. The van der Waals surface area contributed by atoms with Crippen LogP contribution >= 0.6 is 0 Å². The second-order valence-electron chi connectivity index (χ2n) is 12.0. The van der Waals surface area contributed by atoms with Gasteiger partial charge in [0.2, 0.25) is 0 Å². The Morgan fingerprint density at radius 1 is 0.884 bits per heavy atom. The van der Waals surface area contributed by atoms with E-state index in [0.717, 1.165) is 0 Å². The van der Waals surface area contributed by atoms with Gasteiger partial charge in [-0.15, -0.1) is 0 Å². The Morgan fingerprint density at radius 3 is 2.16 bits per heavy atom. The Bertz CT molecular complexity index is 926. The summed E-state index contributed by atoms with van der Waals surface area (Å²) in [6, 6.07) is -4.79. The van der Waals surface area contributed by atoms with E-state index in [1.54, 1.807) is 0 Å². The van der Waals surface area contributed by atoms with E-state index in [1.807, 2.05) is 0 Å². The number of carbonyl (C=O) groups is 1. The molecule has 250 valence electrons. The SMILES string of the molecule is NC1CC1(O)C(=O)N[C@@H]1C[C@H](N)C(O[C@H]2O[C@H](CNCCCO)[C@@H](O)C[C@H]2N)[C@H](O)[C@H]1O[C@H]1O[C@H](CO)[C@@H](O)[C@H](N)[C@H]1O. The lowest BCUT2D eigenvalue weighted by Gasteiger charge is -2.48. The number of amides is 1. The third-order valence-electron chi connectivity index (χ3n) is 8.69. The van der Waals surface area contributed by atoms with Crippen LogP contribution < -0.4 is 33.6 Å². The molecule has 0 aromatic carbocycles. The fraction of sp³-hybridized carbons (Fsp3) is 0.960. The normalized spacial score (nSPS) is 48.6. The van der Waals surface area contributed by atoms with Crippen molar-refractivity contribution in [1.82, 2.24) is 10.6 Å². The predicted molar refractivity (Wildman–Crippen MR) is 145 cm³/mol. The molecule has 0 radical (unpaired) electrons. The van der Waals surface area contributed by atoms with Gasteiger partial charge < -0.3 is 88.3 Å². The van der Waals surface area contributed by atoms with Crippen LogP contribution in [0.25, 0.3) is 0 Å². The van der Waals surface area contributed by atoms with Gasteiger partial charge >= 0.3 is 0 Å². The highest BCUT2D eigenvalue weighted by atomic mass is 16.7. The number of aliphatic hydroxyl groups is 7. The molecule has 4 rings (SSSR count). The molecule has 43 heavy (non-hydrogen) atoms. The molecular formula is C25H48N6O12. The first-order valence-corrected chi connectivity index (χ1v) is 14.6. The van der Waals surface area contributed by atoms with Crippen LogP contribution in [0.2, 0.25) is 0 Å². The second kappa shape index (κ2) is 14.5. The first-order chi connectivity index (χ1) is 20.3. The number of rotatable bonds is 12. The first-order valence-electron chi connectivity index (χ1n) is 14.6. The monoisotopic (exact) mass is 624 g/mol. The quantitative estimate of drug-likeness (QED) is 0.0896. The molecule has 2 saturated carbocycles. The third kappa shape index (κ3) is 7.63. The summed E-state index contributed by atoms with van der Waals surface area (Å²) >= 11 is 0. The molecule has 2 aliphatic heterocycles. The summed E-state index contributed by atoms with van der Waals surface area (Å²) in [5, 5.41) is 77.6. The Morgan fingerprint density at radius 2 is 1.53 bits per heavy atom. The Labute approximate surface area is 248 Å². The Balaban J connectivity index is 1.51. The molecule has 4 fully saturated rings. The summed E-state index contributed by atoms with van der Waals surface area (Å²) in [6.07, 6.45) is -12.0. The number of hydrogen-bond acceptors (Lipinski definition) is 17. The molecule has 0 aromatic rings. The van der Waals surface area contributed by atoms with Crippen molar-refractivity contribution in [3.05, 3.63) is 0 Å². The average Bonchev–Trinajstić information content (AvgIpc) is 3.59. The van der Waals surface area contributed by atoms with E-state index in [4.69, 9.17) is 47.0 Å². The zero-order valence-corrected chi connectivity index (χ0v) is 23.8. The van der Waals surface area contributed by atoms with Gasteiger partial charge in [0, 0.05) is 31.7 Å². The number of carbonyl (C=O) groups excluding carboxylic acids is 1. The zero-order chi connectivity index (χ0) is 31.6. The maximum absolute atomic E-state index is 12.9. The van der Waals surface area contributed by atoms with Gasteiger partial charge in [0.05, 0.1) is 36.9 Å². The fourth-order valence-electron chi connectivity index (χ4n) is 5.78. The molecule has 16 atom stereocenters. The lowest BCUT2D eigenvalue weighted by atomic mass is 9.83. The molecule has 0 spiro atoms. The van der Waals surface area contributed by atoms with Crippen LogP contribution in [0.5, 0.6) is 0 Å². The summed E-state index contributed by atoms with van der Waals surface area (Å²) < 4.78 is 23.5. The molecule has 0 bridgehead atoms. The van der Waals surface area contributed by atoms with Crippen molar-refractivity contribution in [3.8, 4) is 0 Å². The zero-order valence-electron chi connectivity index (χ0n) is 23.8. The fourth-order valence-corrected chi connectivity index (χ4v) is 5.78. The molecule has 0 aromatic heterocycles. The topological polar surface area (TPSA) is 324 Å². The Kier molecular flexibility index (Phi) is 11.7. The maximum atomic E-state index is 12.9. The second-order valence-corrected chi connectivity index (χ2v) is 12.0. The standard InChI is InChI=1S/C25H48N6O12/c26-9-4-11(31-24(38)25(39)6-15(25)28)21(43-23-18(36)16(29)17(35)14(8-33)41-23)19(37)20(9)42-22-10(27)5-12(34)13(40-22)7-30-2-1-3-32/h9-23,30,32-37,39H,1-8,26-29H2,(H,31,38)/t9-,10+,11+,12-,13+,14+,15?,16-,17+,18+,19-,20?,21-,22+,23+,25?/m0/s1. The highest BCUT2D eigenvalue weighted by Gasteiger charge is 2.59. The molecule has 1 amide bonds. The van der Waals surface area contributed by atoms with Crippen LogP contribution in [0.4, 0.5) is 0 Å². The predicted octanol–water partition coefficient (Wildman–Crippen LogP) is -7.66. The van der Waals surface area contributed by atoms with Crippen LogP contribution in [-0.2, 0) is 23.7 Å². The van der Waals surface area contributed by atoms with Gasteiger partial charge in [0.1, 0.15) is 36.6 Å². The third-order valence-corrected chi connectivity index (χ3v) is 8.69. The first kappa shape index (κ1) is 34.7. The molecule has 18 nitrogen and oxygen atoms in total. The summed E-state index contributed by atoms with van der Waals surface area (Å²) in [5.74, 6) is -0.800. The highest BCUT2D eigenvalue weighted by Crippen LogP contribution is 2.36. The molecule has 2 saturated heterocycles. The van der Waals surface area contributed by atoms with Crippen molar-refractivity contribution >= 4 is 5.91 Å². The number of ether oxygens (including phenoxy) is 4. The van der Waals surface area contributed by atoms with Crippen molar-refractivity contribution < 1.29 is 59.5 Å². The van der Waals surface area contributed by atoms with Gasteiger partial charge in [-0.1, -0.05) is 0 Å². The number of nitrogens with two attached hydrogens (primary N) is 4. The molecule has 17 N–H and O–H groups in total. The summed E-state index contributed by atoms with van der Waals surface area (Å²) in [7, 11) is 0. The van der Waals surface area contributed by atoms with Crippen molar-refractivity contribution in [2.24, 2.45) is 22.9 Å². The number of hydrogen-bond donors (Lipinski definition) is 13. The smallest absolute Gasteiger partial charge is 0.253 e. The average molecular weight is 625 g/mol. The molecule has 2 aliphatic carbocycles. The minimum atomic E-state index is -1.80. The molecule has 2 heterocycles. The largest absolute Gasteiger partial charge is 0.396 e. The van der Waals surface area contributed by atoms with Gasteiger partial charge in [-0.25, -0.2) is 0 Å². The van der Waals surface area contributed by atoms with Crippen molar-refractivity contribution in [3.63, 3.8) is 0 Å². The summed E-state index contributed by atoms with van der Waals surface area (Å²) in [5.41, 5.74) is 22.4. The van der Waals surface area contributed by atoms with Crippen LogP contribution in [0.3, 0.4) is 0 Å². The van der Waals surface area contributed by atoms with E-state index in [1.165, 1.54) is 0 Å². The van der Waals surface area contributed by atoms with Crippen molar-refractivity contribution in [1.29, 1.82) is 0 Å². The summed E-state index contributed by atoms with van der Waals surface area (Å²) in [6.45, 7) is 0.0933. The molecule has 18 heteroatoms. The minimum absolute atomic E-state index is 0.00201. The molecule has 4 aliphatic rings. The van der Waals surface area contributed by atoms with Gasteiger partial charge in [-0.05, 0) is 25.8 Å². The maximum Gasteiger partial charge on any atom is 0.253 e. The van der Waals surface area contributed by atoms with E-state index >= 15 is 0 Å². The van der Waals surface area contributed by atoms with Gasteiger partial charge in [-0.3, -0.25) is 4.79 Å². The highest BCUT2D eigenvalue weighted by molar-refractivity contribution is 5.89. The minimum Gasteiger partial charge on any atom is -0.396 e. The van der Waals surface area contributed by atoms with Crippen LogP contribution in [0.15, 0.2) is 0 Å².